The van der Waals surface area contributed by atoms with Crippen molar-refractivity contribution < 1.29 is 23.0 Å². The highest BCUT2D eigenvalue weighted by atomic mass is 19.1. The summed E-state index contributed by atoms with van der Waals surface area (Å²) in [5, 5.41) is 0. The third-order valence-corrected chi connectivity index (χ3v) is 2.58. The number of hydrogen-bond acceptors (Lipinski definition) is 3. The van der Waals surface area contributed by atoms with Crippen molar-refractivity contribution in [2.45, 2.75) is 18.9 Å². The molecule has 1 fully saturated rings. The number of carbonyl (C=O) groups is 1. The van der Waals surface area contributed by atoms with Crippen molar-refractivity contribution in [2.24, 2.45) is 0 Å². The molecule has 92 valence electrons. The van der Waals surface area contributed by atoms with E-state index >= 15 is 0 Å². The van der Waals surface area contributed by atoms with Crippen molar-refractivity contribution >= 4 is 5.97 Å². The van der Waals surface area contributed by atoms with Crippen LogP contribution in [0.3, 0.4) is 0 Å². The smallest absolute Gasteiger partial charge is 0.341 e. The molecule has 0 saturated carbocycles. The van der Waals surface area contributed by atoms with Crippen molar-refractivity contribution in [1.29, 1.82) is 0 Å². The Balaban J connectivity index is 1.94. The SMILES string of the molecule is O=C(OCC1CCCO1)c1ccc(F)cc1F. The fourth-order valence-electron chi connectivity index (χ4n) is 1.68. The van der Waals surface area contributed by atoms with Crippen molar-refractivity contribution in [1.82, 2.24) is 0 Å². The van der Waals surface area contributed by atoms with Gasteiger partial charge < -0.3 is 9.47 Å². The van der Waals surface area contributed by atoms with E-state index in [1.54, 1.807) is 0 Å². The van der Waals surface area contributed by atoms with Crippen LogP contribution in [0.1, 0.15) is 23.2 Å². The average Bonchev–Trinajstić information content (AvgIpc) is 2.78. The van der Waals surface area contributed by atoms with Gasteiger partial charge in [0.25, 0.3) is 0 Å². The number of benzene rings is 1. The second-order valence-electron chi connectivity index (χ2n) is 3.86. The van der Waals surface area contributed by atoms with Gasteiger partial charge in [0.2, 0.25) is 0 Å². The average molecular weight is 242 g/mol. The van der Waals surface area contributed by atoms with Gasteiger partial charge in [-0.05, 0) is 25.0 Å². The molecule has 0 radical (unpaired) electrons. The molecule has 1 aromatic carbocycles. The lowest BCUT2D eigenvalue weighted by Gasteiger charge is -2.10. The van der Waals surface area contributed by atoms with Crippen LogP contribution >= 0.6 is 0 Å². The van der Waals surface area contributed by atoms with E-state index in [0.29, 0.717) is 12.7 Å². The van der Waals surface area contributed by atoms with Gasteiger partial charge in [0, 0.05) is 12.7 Å². The number of halogens is 2. The molecular formula is C12H12F2O3. The van der Waals surface area contributed by atoms with E-state index in [-0.39, 0.29) is 18.3 Å². The van der Waals surface area contributed by atoms with Crippen LogP contribution < -0.4 is 0 Å². The summed E-state index contributed by atoms with van der Waals surface area (Å²) in [6.45, 7) is 0.767. The van der Waals surface area contributed by atoms with Gasteiger partial charge in [0.15, 0.2) is 0 Å². The molecule has 5 heteroatoms. The van der Waals surface area contributed by atoms with Gasteiger partial charge in [-0.15, -0.1) is 0 Å². The van der Waals surface area contributed by atoms with Crippen LogP contribution in [0.15, 0.2) is 18.2 Å². The molecule has 0 aliphatic carbocycles. The van der Waals surface area contributed by atoms with Gasteiger partial charge in [-0.3, -0.25) is 0 Å². The van der Waals surface area contributed by atoms with Gasteiger partial charge in [0.05, 0.1) is 11.7 Å². The third kappa shape index (κ3) is 3.00. The zero-order chi connectivity index (χ0) is 12.3. The molecule has 3 nitrogen and oxygen atoms in total. The molecule has 1 aromatic rings. The standard InChI is InChI=1S/C12H12F2O3/c13-8-3-4-10(11(14)6-8)12(15)17-7-9-2-1-5-16-9/h3-4,6,9H,1-2,5,7H2. The number of esters is 1. The molecule has 0 N–H and O–H groups in total. The Morgan fingerprint density at radius 3 is 2.94 bits per heavy atom. The Hall–Kier alpha value is -1.49. The minimum Gasteiger partial charge on any atom is -0.459 e. The Morgan fingerprint density at radius 1 is 1.47 bits per heavy atom. The second-order valence-corrected chi connectivity index (χ2v) is 3.86. The Bertz CT molecular complexity index is 414. The molecule has 0 spiro atoms. The van der Waals surface area contributed by atoms with E-state index in [1.807, 2.05) is 0 Å². The third-order valence-electron chi connectivity index (χ3n) is 2.58. The fourth-order valence-corrected chi connectivity index (χ4v) is 1.68. The minimum absolute atomic E-state index is 0.107. The largest absolute Gasteiger partial charge is 0.459 e. The minimum atomic E-state index is -0.914. The maximum absolute atomic E-state index is 13.2. The molecule has 0 bridgehead atoms. The Kier molecular flexibility index (Phi) is 3.68. The van der Waals surface area contributed by atoms with Crippen molar-refractivity contribution in [3.63, 3.8) is 0 Å². The fraction of sp³-hybridized carbons (Fsp3) is 0.417. The molecule has 1 heterocycles. The lowest BCUT2D eigenvalue weighted by molar-refractivity contribution is 0.0157. The van der Waals surface area contributed by atoms with E-state index in [1.165, 1.54) is 0 Å². The van der Waals surface area contributed by atoms with E-state index in [2.05, 4.69) is 0 Å². The molecular weight excluding hydrogens is 230 g/mol. The normalized spacial score (nSPS) is 19.3. The topological polar surface area (TPSA) is 35.5 Å². The first-order valence-electron chi connectivity index (χ1n) is 5.40. The van der Waals surface area contributed by atoms with Crippen molar-refractivity contribution in [3.05, 3.63) is 35.4 Å². The zero-order valence-corrected chi connectivity index (χ0v) is 9.12. The summed E-state index contributed by atoms with van der Waals surface area (Å²) in [6, 6.07) is 2.75. The van der Waals surface area contributed by atoms with Crippen LogP contribution in [0.2, 0.25) is 0 Å². The summed E-state index contributed by atoms with van der Waals surface area (Å²) in [7, 11) is 0. The first-order valence-corrected chi connectivity index (χ1v) is 5.40. The van der Waals surface area contributed by atoms with Gasteiger partial charge in [-0.25, -0.2) is 13.6 Å². The van der Waals surface area contributed by atoms with Crippen LogP contribution in [0.4, 0.5) is 8.78 Å². The van der Waals surface area contributed by atoms with Crippen LogP contribution in [-0.2, 0) is 9.47 Å². The molecule has 1 unspecified atom stereocenters. The predicted molar refractivity (Wildman–Crippen MR) is 55.6 cm³/mol. The quantitative estimate of drug-likeness (QED) is 0.763. The first kappa shape index (κ1) is 12.0. The Labute approximate surface area is 97.3 Å². The number of rotatable bonds is 3. The molecule has 0 amide bonds. The van der Waals surface area contributed by atoms with Gasteiger partial charge in [-0.1, -0.05) is 0 Å². The van der Waals surface area contributed by atoms with Gasteiger partial charge in [-0.2, -0.15) is 0 Å². The van der Waals surface area contributed by atoms with E-state index in [0.717, 1.165) is 25.0 Å². The number of carbonyl (C=O) groups excluding carboxylic acids is 1. The predicted octanol–water partition coefficient (Wildman–Crippen LogP) is 2.30. The lowest BCUT2D eigenvalue weighted by Crippen LogP contribution is -2.18. The van der Waals surface area contributed by atoms with E-state index in [4.69, 9.17) is 9.47 Å². The lowest BCUT2D eigenvalue weighted by atomic mass is 10.2. The van der Waals surface area contributed by atoms with E-state index in [9.17, 15) is 13.6 Å². The van der Waals surface area contributed by atoms with Crippen LogP contribution in [-0.4, -0.2) is 25.3 Å². The maximum atomic E-state index is 13.2. The monoisotopic (exact) mass is 242 g/mol. The maximum Gasteiger partial charge on any atom is 0.341 e. The van der Waals surface area contributed by atoms with Crippen LogP contribution in [0.5, 0.6) is 0 Å². The molecule has 17 heavy (non-hydrogen) atoms. The Morgan fingerprint density at radius 2 is 2.29 bits per heavy atom. The molecule has 0 aromatic heterocycles. The van der Waals surface area contributed by atoms with Crippen LogP contribution in [0, 0.1) is 11.6 Å². The van der Waals surface area contributed by atoms with Crippen molar-refractivity contribution in [3.8, 4) is 0 Å². The first-order chi connectivity index (χ1) is 8.16. The molecule has 1 atom stereocenters. The molecule has 1 aliphatic heterocycles. The summed E-state index contributed by atoms with van der Waals surface area (Å²) in [5.74, 6) is -2.43. The van der Waals surface area contributed by atoms with E-state index < -0.39 is 17.6 Å². The summed E-state index contributed by atoms with van der Waals surface area (Å²) >= 11 is 0. The highest BCUT2D eigenvalue weighted by Gasteiger charge is 2.19. The summed E-state index contributed by atoms with van der Waals surface area (Å²) in [6.07, 6.45) is 1.66. The molecule has 1 saturated heterocycles. The van der Waals surface area contributed by atoms with Gasteiger partial charge >= 0.3 is 5.97 Å². The summed E-state index contributed by atoms with van der Waals surface area (Å²) in [4.78, 5) is 11.5. The molecule has 2 rings (SSSR count). The van der Waals surface area contributed by atoms with Gasteiger partial charge in [0.1, 0.15) is 18.2 Å². The second kappa shape index (κ2) is 5.23. The number of hydrogen-bond donors (Lipinski definition) is 0. The van der Waals surface area contributed by atoms with Crippen LogP contribution in [0.25, 0.3) is 0 Å². The van der Waals surface area contributed by atoms with Crippen molar-refractivity contribution in [2.75, 3.05) is 13.2 Å². The summed E-state index contributed by atoms with van der Waals surface area (Å²) in [5.41, 5.74) is -0.260. The highest BCUT2D eigenvalue weighted by Crippen LogP contribution is 2.14. The zero-order valence-electron chi connectivity index (χ0n) is 9.12. The molecule has 1 aliphatic rings. The summed E-state index contributed by atoms with van der Waals surface area (Å²) < 4.78 is 36.0. The number of ether oxygens (including phenoxy) is 2. The highest BCUT2D eigenvalue weighted by molar-refractivity contribution is 5.89.